The van der Waals surface area contributed by atoms with Gasteiger partial charge in [0.15, 0.2) is 0 Å². The lowest BCUT2D eigenvalue weighted by molar-refractivity contribution is 0.0948. The van der Waals surface area contributed by atoms with Crippen molar-refractivity contribution in [1.29, 1.82) is 0 Å². The number of rotatable bonds is 6. The Morgan fingerprint density at radius 3 is 2.46 bits per heavy atom. The predicted molar refractivity (Wildman–Crippen MR) is 116 cm³/mol. The normalized spacial score (nSPS) is 11.0. The molecule has 2 heterocycles. The fourth-order valence-corrected chi connectivity index (χ4v) is 3.66. The highest BCUT2D eigenvalue weighted by molar-refractivity contribution is 6.02. The highest BCUT2D eigenvalue weighted by Gasteiger charge is 2.16. The Bertz CT molecular complexity index is 1020. The van der Waals surface area contributed by atoms with Crippen molar-refractivity contribution in [3.8, 4) is 11.1 Å². The quantitative estimate of drug-likeness (QED) is 0.583. The maximum Gasteiger partial charge on any atom is 0.269 e. The van der Waals surface area contributed by atoms with Gasteiger partial charge in [-0.2, -0.15) is 0 Å². The fourth-order valence-electron chi connectivity index (χ4n) is 3.66. The summed E-state index contributed by atoms with van der Waals surface area (Å²) in [6.45, 7) is 11.0. The summed E-state index contributed by atoms with van der Waals surface area (Å²) in [5.41, 5.74) is 7.61. The van der Waals surface area contributed by atoms with Crippen LogP contribution in [0.5, 0.6) is 0 Å². The number of unbranched alkanes of at least 4 members (excludes halogenated alkanes) is 2. The maximum absolute atomic E-state index is 12.8. The third-order valence-electron chi connectivity index (χ3n) is 5.06. The van der Waals surface area contributed by atoms with E-state index in [2.05, 4.69) is 49.3 Å². The lowest BCUT2D eigenvalue weighted by Crippen LogP contribution is -2.25. The molecule has 0 spiro atoms. The number of aryl methyl sites for hydroxylation is 4. The van der Waals surface area contributed by atoms with Crippen LogP contribution in [0, 0.1) is 27.7 Å². The van der Waals surface area contributed by atoms with Crippen molar-refractivity contribution in [2.75, 3.05) is 6.54 Å². The summed E-state index contributed by atoms with van der Waals surface area (Å²) >= 11 is 0. The summed E-state index contributed by atoms with van der Waals surface area (Å²) in [5, 5.41) is 4.08. The van der Waals surface area contributed by atoms with E-state index < -0.39 is 0 Å². The van der Waals surface area contributed by atoms with Crippen molar-refractivity contribution in [3.05, 3.63) is 58.5 Å². The van der Waals surface area contributed by atoms with E-state index >= 15 is 0 Å². The first-order valence-corrected chi connectivity index (χ1v) is 10.1. The minimum absolute atomic E-state index is 0.114. The van der Waals surface area contributed by atoms with Crippen LogP contribution in [0.1, 0.15) is 59.2 Å². The molecule has 1 aromatic carbocycles. The van der Waals surface area contributed by atoms with Gasteiger partial charge in [0.1, 0.15) is 5.69 Å². The largest absolute Gasteiger partial charge is 0.351 e. The number of carbonyl (C=O) groups excluding carboxylic acids is 1. The van der Waals surface area contributed by atoms with Gasteiger partial charge in [-0.05, 0) is 63.4 Å². The van der Waals surface area contributed by atoms with Gasteiger partial charge in [0.2, 0.25) is 0 Å². The SMILES string of the molecule is CCCCCNC(=O)c1cc(-c2ccc(C)nc2C)c2cc(C)cc(C)c2n1. The number of hydrogen-bond donors (Lipinski definition) is 1. The molecule has 0 bridgehead atoms. The summed E-state index contributed by atoms with van der Waals surface area (Å²) in [6.07, 6.45) is 3.23. The molecule has 2 aromatic heterocycles. The third-order valence-corrected chi connectivity index (χ3v) is 5.06. The molecule has 0 fully saturated rings. The highest BCUT2D eigenvalue weighted by atomic mass is 16.1. The summed E-state index contributed by atoms with van der Waals surface area (Å²) < 4.78 is 0. The Labute approximate surface area is 167 Å². The molecular formula is C24H29N3O. The van der Waals surface area contributed by atoms with E-state index in [-0.39, 0.29) is 5.91 Å². The van der Waals surface area contributed by atoms with Gasteiger partial charge in [-0.1, -0.05) is 37.5 Å². The van der Waals surface area contributed by atoms with Crippen LogP contribution in [0.4, 0.5) is 0 Å². The Hall–Kier alpha value is -2.75. The average Bonchev–Trinajstić information content (AvgIpc) is 2.65. The van der Waals surface area contributed by atoms with E-state index in [0.717, 1.165) is 58.2 Å². The molecule has 0 aliphatic carbocycles. The van der Waals surface area contributed by atoms with E-state index in [0.29, 0.717) is 12.2 Å². The second kappa shape index (κ2) is 8.51. The second-order valence-electron chi connectivity index (χ2n) is 7.58. The molecule has 0 aliphatic heterocycles. The van der Waals surface area contributed by atoms with Crippen molar-refractivity contribution in [3.63, 3.8) is 0 Å². The molecule has 0 saturated carbocycles. The van der Waals surface area contributed by atoms with Gasteiger partial charge in [0.05, 0.1) is 5.52 Å². The number of benzene rings is 1. The Kier molecular flexibility index (Phi) is 6.08. The van der Waals surface area contributed by atoms with Crippen molar-refractivity contribution in [2.24, 2.45) is 0 Å². The topological polar surface area (TPSA) is 54.9 Å². The lowest BCUT2D eigenvalue weighted by atomic mass is 9.95. The number of amides is 1. The number of hydrogen-bond acceptors (Lipinski definition) is 3. The molecule has 0 saturated heterocycles. The van der Waals surface area contributed by atoms with Crippen molar-refractivity contribution in [2.45, 2.75) is 53.9 Å². The van der Waals surface area contributed by atoms with E-state index in [1.54, 1.807) is 0 Å². The first-order chi connectivity index (χ1) is 13.4. The van der Waals surface area contributed by atoms with Crippen LogP contribution in [-0.4, -0.2) is 22.4 Å². The molecule has 4 nitrogen and oxygen atoms in total. The highest BCUT2D eigenvalue weighted by Crippen LogP contribution is 2.32. The molecule has 1 amide bonds. The first kappa shape index (κ1) is 20.0. The molecule has 3 aromatic rings. The van der Waals surface area contributed by atoms with Crippen molar-refractivity contribution >= 4 is 16.8 Å². The number of fused-ring (bicyclic) bond motifs is 1. The van der Waals surface area contributed by atoms with Crippen LogP contribution in [0.15, 0.2) is 30.3 Å². The van der Waals surface area contributed by atoms with Crippen molar-refractivity contribution < 1.29 is 4.79 Å². The zero-order valence-electron chi connectivity index (χ0n) is 17.5. The molecule has 0 radical (unpaired) electrons. The van der Waals surface area contributed by atoms with Gasteiger partial charge in [0.25, 0.3) is 5.91 Å². The van der Waals surface area contributed by atoms with Crippen LogP contribution in [0.3, 0.4) is 0 Å². The Balaban J connectivity index is 2.13. The van der Waals surface area contributed by atoms with Gasteiger partial charge >= 0.3 is 0 Å². The van der Waals surface area contributed by atoms with Crippen LogP contribution in [0.2, 0.25) is 0 Å². The number of nitrogens with zero attached hydrogens (tertiary/aromatic N) is 2. The van der Waals surface area contributed by atoms with Crippen LogP contribution in [0.25, 0.3) is 22.0 Å². The Morgan fingerprint density at radius 2 is 1.75 bits per heavy atom. The molecule has 0 unspecified atom stereocenters. The number of pyridine rings is 2. The minimum Gasteiger partial charge on any atom is -0.351 e. The van der Waals surface area contributed by atoms with Gasteiger partial charge < -0.3 is 5.32 Å². The zero-order valence-corrected chi connectivity index (χ0v) is 17.5. The van der Waals surface area contributed by atoms with Gasteiger partial charge in [-0.25, -0.2) is 4.98 Å². The van der Waals surface area contributed by atoms with Crippen molar-refractivity contribution in [1.82, 2.24) is 15.3 Å². The second-order valence-corrected chi connectivity index (χ2v) is 7.58. The van der Waals surface area contributed by atoms with E-state index in [9.17, 15) is 4.79 Å². The molecule has 0 atom stereocenters. The summed E-state index contributed by atoms with van der Waals surface area (Å²) in [6, 6.07) is 10.3. The van der Waals surface area contributed by atoms with Crippen LogP contribution >= 0.6 is 0 Å². The van der Waals surface area contributed by atoms with Crippen LogP contribution < -0.4 is 5.32 Å². The first-order valence-electron chi connectivity index (χ1n) is 10.1. The van der Waals surface area contributed by atoms with E-state index in [1.165, 1.54) is 5.56 Å². The Morgan fingerprint density at radius 1 is 0.964 bits per heavy atom. The molecule has 1 N–H and O–H groups in total. The minimum atomic E-state index is -0.114. The van der Waals surface area contributed by atoms with Gasteiger partial charge in [-0.15, -0.1) is 0 Å². The number of carbonyl (C=O) groups is 1. The van der Waals surface area contributed by atoms with Gasteiger partial charge in [0, 0.05) is 28.9 Å². The standard InChI is InChI=1S/C24H29N3O/c1-6-7-8-11-25-24(28)22-14-20(19-10-9-17(4)26-18(19)5)21-13-15(2)12-16(3)23(21)27-22/h9-10,12-14H,6-8,11H2,1-5H3,(H,25,28). The molecule has 28 heavy (non-hydrogen) atoms. The molecule has 4 heteroatoms. The van der Waals surface area contributed by atoms with Gasteiger partial charge in [-0.3, -0.25) is 9.78 Å². The average molecular weight is 376 g/mol. The fraction of sp³-hybridized carbons (Fsp3) is 0.375. The summed E-state index contributed by atoms with van der Waals surface area (Å²) in [5.74, 6) is -0.114. The lowest BCUT2D eigenvalue weighted by Gasteiger charge is -2.14. The molecule has 0 aliphatic rings. The number of nitrogens with one attached hydrogen (secondary N) is 1. The van der Waals surface area contributed by atoms with E-state index in [4.69, 9.17) is 4.98 Å². The maximum atomic E-state index is 12.8. The monoisotopic (exact) mass is 375 g/mol. The summed E-state index contributed by atoms with van der Waals surface area (Å²) in [7, 11) is 0. The predicted octanol–water partition coefficient (Wildman–Crippen LogP) is 5.45. The van der Waals surface area contributed by atoms with Crippen LogP contribution in [-0.2, 0) is 0 Å². The smallest absolute Gasteiger partial charge is 0.269 e. The molecule has 3 rings (SSSR count). The van der Waals surface area contributed by atoms with E-state index in [1.807, 2.05) is 26.0 Å². The zero-order chi connectivity index (χ0) is 20.3. The molecular weight excluding hydrogens is 346 g/mol. The molecule has 146 valence electrons. The summed E-state index contributed by atoms with van der Waals surface area (Å²) in [4.78, 5) is 22.1. The third kappa shape index (κ3) is 4.22. The number of aromatic nitrogens is 2.